The van der Waals surface area contributed by atoms with Crippen LogP contribution in [0.3, 0.4) is 0 Å². The number of nitrogens with zero attached hydrogens (tertiary/aromatic N) is 2. The number of thioether (sulfide) groups is 2. The molecule has 1 aliphatic rings. The molecule has 0 N–H and O–H groups in total. The number of aryl methyl sites for hydroxylation is 3. The van der Waals surface area contributed by atoms with Crippen LogP contribution in [0.4, 0.5) is 0 Å². The van der Waals surface area contributed by atoms with E-state index in [0.717, 1.165) is 18.9 Å². The summed E-state index contributed by atoms with van der Waals surface area (Å²) >= 11 is 4.37. The molecule has 0 radical (unpaired) electrons. The lowest BCUT2D eigenvalue weighted by Gasteiger charge is -2.39. The minimum absolute atomic E-state index is 0.282. The van der Waals surface area contributed by atoms with E-state index in [1.807, 2.05) is 12.5 Å². The number of hydrogen-bond acceptors (Lipinski definition) is 3. The van der Waals surface area contributed by atoms with Gasteiger partial charge >= 0.3 is 0 Å². The summed E-state index contributed by atoms with van der Waals surface area (Å²) in [6, 6.07) is 6.97. The summed E-state index contributed by atoms with van der Waals surface area (Å²) in [5, 5.41) is 0. The van der Waals surface area contributed by atoms with Crippen molar-refractivity contribution in [3.63, 3.8) is 0 Å². The lowest BCUT2D eigenvalue weighted by Crippen LogP contribution is -2.34. The molecule has 2 heterocycles. The van der Waals surface area contributed by atoms with E-state index in [-0.39, 0.29) is 4.08 Å². The average Bonchev–Trinajstić information content (AvgIpc) is 3.06. The van der Waals surface area contributed by atoms with Crippen molar-refractivity contribution in [3.8, 4) is 0 Å². The molecule has 24 heavy (non-hydrogen) atoms. The molecule has 1 saturated heterocycles. The van der Waals surface area contributed by atoms with Gasteiger partial charge in [0, 0.05) is 18.9 Å². The third-order valence-electron chi connectivity index (χ3n) is 4.80. The Hall–Kier alpha value is -0.870. The largest absolute Gasteiger partial charge is 0.335 e. The highest BCUT2D eigenvalue weighted by Crippen LogP contribution is 2.48. The van der Waals surface area contributed by atoms with Gasteiger partial charge in [-0.3, -0.25) is 0 Å². The zero-order chi connectivity index (χ0) is 17.0. The molecule has 0 bridgehead atoms. The summed E-state index contributed by atoms with van der Waals surface area (Å²) < 4.78 is 2.54. The van der Waals surface area contributed by atoms with Gasteiger partial charge in [-0.15, -0.1) is 23.5 Å². The third kappa shape index (κ3) is 4.60. The van der Waals surface area contributed by atoms with Crippen LogP contribution in [0.2, 0.25) is 0 Å². The summed E-state index contributed by atoms with van der Waals surface area (Å²) in [6.45, 7) is 7.79. The molecule has 1 aromatic carbocycles. The summed E-state index contributed by atoms with van der Waals surface area (Å²) in [6.07, 6.45) is 9.65. The predicted octanol–water partition coefficient (Wildman–Crippen LogP) is 5.34. The number of aromatic nitrogens is 2. The lowest BCUT2D eigenvalue weighted by atomic mass is 10.0. The Morgan fingerprint density at radius 2 is 1.88 bits per heavy atom. The fourth-order valence-electron chi connectivity index (χ4n) is 3.39. The van der Waals surface area contributed by atoms with Crippen LogP contribution in [-0.2, 0) is 13.0 Å². The number of rotatable bonds is 6. The van der Waals surface area contributed by atoms with Gasteiger partial charge in [-0.25, -0.2) is 4.98 Å². The van der Waals surface area contributed by atoms with Crippen LogP contribution in [-0.4, -0.2) is 25.1 Å². The molecule has 0 unspecified atom stereocenters. The van der Waals surface area contributed by atoms with Crippen molar-refractivity contribution < 1.29 is 0 Å². The highest BCUT2D eigenvalue weighted by Gasteiger charge is 2.36. The van der Waals surface area contributed by atoms with E-state index in [4.69, 9.17) is 0 Å². The van der Waals surface area contributed by atoms with Crippen molar-refractivity contribution >= 4 is 23.5 Å². The van der Waals surface area contributed by atoms with Gasteiger partial charge in [-0.2, -0.15) is 0 Å². The van der Waals surface area contributed by atoms with Crippen molar-refractivity contribution in [2.45, 2.75) is 50.7 Å². The van der Waals surface area contributed by atoms with Gasteiger partial charge in [0.2, 0.25) is 0 Å². The standard InChI is InChI=1S/C20H28N2S2/c1-4-18-12-23-20(24-13-18,14-22-8-7-21-15-22)6-5-19-10-16(2)9-17(3)11-19/h7-11,15,18H,4-6,12-14H2,1-3H3. The van der Waals surface area contributed by atoms with E-state index in [1.54, 1.807) is 0 Å². The van der Waals surface area contributed by atoms with Crippen molar-refractivity contribution in [1.82, 2.24) is 9.55 Å². The summed E-state index contributed by atoms with van der Waals surface area (Å²) in [4.78, 5) is 4.24. The second-order valence-corrected chi connectivity index (χ2v) is 10.1. The monoisotopic (exact) mass is 360 g/mol. The first-order valence-corrected chi connectivity index (χ1v) is 10.9. The molecule has 2 nitrogen and oxygen atoms in total. The molecule has 0 aliphatic carbocycles. The molecule has 0 atom stereocenters. The summed E-state index contributed by atoms with van der Waals surface area (Å²) in [5.74, 6) is 3.47. The zero-order valence-corrected chi connectivity index (χ0v) is 16.6. The smallest absolute Gasteiger partial charge is 0.0946 e. The Bertz CT molecular complexity index is 623. The second-order valence-electron chi connectivity index (χ2n) is 7.04. The Balaban J connectivity index is 1.72. The normalized spacial score (nSPS) is 24.2. The fourth-order valence-corrected chi connectivity index (χ4v) is 7.04. The van der Waals surface area contributed by atoms with E-state index in [9.17, 15) is 0 Å². The molecule has 0 amide bonds. The first-order valence-electron chi connectivity index (χ1n) is 8.89. The molecule has 4 heteroatoms. The maximum Gasteiger partial charge on any atom is 0.0946 e. The Kier molecular flexibility index (Phi) is 5.98. The minimum Gasteiger partial charge on any atom is -0.335 e. The molecule has 1 aliphatic heterocycles. The van der Waals surface area contributed by atoms with Crippen molar-refractivity contribution in [1.29, 1.82) is 0 Å². The number of hydrogen-bond donors (Lipinski definition) is 0. The van der Waals surface area contributed by atoms with E-state index >= 15 is 0 Å². The van der Waals surface area contributed by atoms with Crippen molar-refractivity contribution in [2.24, 2.45) is 5.92 Å². The maximum absolute atomic E-state index is 4.24. The number of benzene rings is 1. The van der Waals surface area contributed by atoms with Crippen LogP contribution in [0, 0.1) is 19.8 Å². The van der Waals surface area contributed by atoms with Crippen LogP contribution in [0.5, 0.6) is 0 Å². The topological polar surface area (TPSA) is 17.8 Å². The third-order valence-corrected chi connectivity index (χ3v) is 8.50. The van der Waals surface area contributed by atoms with Crippen molar-refractivity contribution in [3.05, 3.63) is 53.6 Å². The van der Waals surface area contributed by atoms with Gasteiger partial charge in [0.05, 0.1) is 10.4 Å². The van der Waals surface area contributed by atoms with Crippen LogP contribution in [0.25, 0.3) is 0 Å². The zero-order valence-electron chi connectivity index (χ0n) is 15.0. The van der Waals surface area contributed by atoms with Crippen LogP contribution in [0.15, 0.2) is 36.9 Å². The van der Waals surface area contributed by atoms with E-state index in [0.29, 0.717) is 0 Å². The second kappa shape index (κ2) is 8.01. The lowest BCUT2D eigenvalue weighted by molar-refractivity contribution is 0.565. The first kappa shape index (κ1) is 17.9. The highest BCUT2D eigenvalue weighted by atomic mass is 32.2. The average molecular weight is 361 g/mol. The van der Waals surface area contributed by atoms with E-state index in [2.05, 4.69) is 78.2 Å². The number of imidazole rings is 1. The Morgan fingerprint density at radius 3 is 2.46 bits per heavy atom. The molecule has 1 fully saturated rings. The predicted molar refractivity (Wildman–Crippen MR) is 108 cm³/mol. The Morgan fingerprint density at radius 1 is 1.17 bits per heavy atom. The van der Waals surface area contributed by atoms with Gasteiger partial charge in [0.1, 0.15) is 0 Å². The van der Waals surface area contributed by atoms with Crippen molar-refractivity contribution in [2.75, 3.05) is 11.5 Å². The molecular formula is C20H28N2S2. The molecule has 130 valence electrons. The minimum atomic E-state index is 0.282. The van der Waals surface area contributed by atoms with Crippen LogP contribution < -0.4 is 0 Å². The molecular weight excluding hydrogens is 332 g/mol. The maximum atomic E-state index is 4.24. The van der Waals surface area contributed by atoms with E-state index < -0.39 is 0 Å². The van der Waals surface area contributed by atoms with E-state index in [1.165, 1.54) is 41.0 Å². The van der Waals surface area contributed by atoms with Crippen LogP contribution >= 0.6 is 23.5 Å². The Labute approximate surface area is 154 Å². The quantitative estimate of drug-likeness (QED) is 0.693. The fraction of sp³-hybridized carbons (Fsp3) is 0.550. The molecule has 0 spiro atoms. The van der Waals surface area contributed by atoms with Gasteiger partial charge in [-0.1, -0.05) is 42.7 Å². The molecule has 0 saturated carbocycles. The first-order chi connectivity index (χ1) is 11.6. The van der Waals surface area contributed by atoms with Crippen LogP contribution in [0.1, 0.15) is 36.5 Å². The van der Waals surface area contributed by atoms with Gasteiger partial charge in [0.15, 0.2) is 0 Å². The SMILES string of the molecule is CCC1CSC(CCc2cc(C)cc(C)c2)(Cn2ccnc2)SC1. The van der Waals surface area contributed by atoms with Gasteiger partial charge in [-0.05, 0) is 49.7 Å². The summed E-state index contributed by atoms with van der Waals surface area (Å²) in [7, 11) is 0. The molecule has 1 aromatic heterocycles. The summed E-state index contributed by atoms with van der Waals surface area (Å²) in [5.41, 5.74) is 4.24. The van der Waals surface area contributed by atoms with Gasteiger partial charge < -0.3 is 4.57 Å². The molecule has 3 rings (SSSR count). The highest BCUT2D eigenvalue weighted by molar-refractivity contribution is 8.18. The molecule has 2 aromatic rings. The van der Waals surface area contributed by atoms with Gasteiger partial charge in [0.25, 0.3) is 0 Å².